The zero-order valence-corrected chi connectivity index (χ0v) is 15.9. The summed E-state index contributed by atoms with van der Waals surface area (Å²) in [5.41, 5.74) is 5.50. The number of halogens is 1. The third-order valence-corrected chi connectivity index (χ3v) is 4.40. The van der Waals surface area contributed by atoms with Gasteiger partial charge < -0.3 is 10.3 Å². The van der Waals surface area contributed by atoms with Gasteiger partial charge in [-0.2, -0.15) is 0 Å². The minimum absolute atomic E-state index is 0. The lowest BCUT2D eigenvalue weighted by molar-refractivity contribution is 0.178. The molecule has 0 aliphatic carbocycles. The fourth-order valence-electron chi connectivity index (χ4n) is 2.95. The van der Waals surface area contributed by atoms with E-state index < -0.39 is 0 Å². The third-order valence-electron chi connectivity index (χ3n) is 4.40. The van der Waals surface area contributed by atoms with Gasteiger partial charge in [-0.1, -0.05) is 42.5 Å². The molecule has 2 heterocycles. The molecule has 0 radical (unpaired) electrons. The number of likely N-dealkylation sites (N-methyl/N-ethyl adjacent to an activating group) is 1. The molecule has 1 fully saturated rings. The first-order chi connectivity index (χ1) is 11.8. The van der Waals surface area contributed by atoms with E-state index in [1.807, 2.05) is 48.5 Å². The predicted molar refractivity (Wildman–Crippen MR) is 108 cm³/mol. The molecule has 0 atom stereocenters. The van der Waals surface area contributed by atoms with Gasteiger partial charge in [-0.05, 0) is 19.2 Å². The van der Waals surface area contributed by atoms with E-state index in [0.29, 0.717) is 0 Å². The highest BCUT2D eigenvalue weighted by Crippen LogP contribution is 2.25. The molecular weight excluding hydrogens is 378 g/mol. The van der Waals surface area contributed by atoms with Gasteiger partial charge in [-0.25, -0.2) is 15.0 Å². The SMILES string of the molecule is Br.CN1CCN(Nc2nc(-c3ccccc3)nc3ccccc23)CC1. The number of nitrogens with one attached hydrogen (secondary N) is 1. The van der Waals surface area contributed by atoms with Gasteiger partial charge in [-0.3, -0.25) is 0 Å². The smallest absolute Gasteiger partial charge is 0.162 e. The van der Waals surface area contributed by atoms with Gasteiger partial charge in [0.2, 0.25) is 0 Å². The number of hydrogen-bond donors (Lipinski definition) is 1. The molecule has 0 bridgehead atoms. The van der Waals surface area contributed by atoms with Crippen LogP contribution < -0.4 is 5.43 Å². The summed E-state index contributed by atoms with van der Waals surface area (Å²) in [5, 5.41) is 3.29. The Morgan fingerprint density at radius 1 is 0.840 bits per heavy atom. The Balaban J connectivity index is 0.00000182. The zero-order valence-electron chi connectivity index (χ0n) is 14.2. The molecule has 6 heteroatoms. The minimum atomic E-state index is 0. The number of fused-ring (bicyclic) bond motifs is 1. The van der Waals surface area contributed by atoms with E-state index >= 15 is 0 Å². The molecule has 0 amide bonds. The Labute approximate surface area is 158 Å². The number of para-hydroxylation sites is 1. The molecule has 1 N–H and O–H groups in total. The average Bonchev–Trinajstić information content (AvgIpc) is 2.64. The number of aromatic nitrogens is 2. The number of anilines is 1. The fraction of sp³-hybridized carbons (Fsp3) is 0.263. The van der Waals surface area contributed by atoms with Gasteiger partial charge in [0.15, 0.2) is 11.6 Å². The van der Waals surface area contributed by atoms with Crippen molar-refractivity contribution in [2.24, 2.45) is 0 Å². The summed E-state index contributed by atoms with van der Waals surface area (Å²) in [6, 6.07) is 18.3. The normalized spacial score (nSPS) is 15.7. The molecular formula is C19H22BrN5. The van der Waals surface area contributed by atoms with Crippen molar-refractivity contribution in [2.45, 2.75) is 0 Å². The highest BCUT2D eigenvalue weighted by atomic mass is 79.9. The summed E-state index contributed by atoms with van der Waals surface area (Å²) in [7, 11) is 2.16. The first-order valence-corrected chi connectivity index (χ1v) is 8.32. The van der Waals surface area contributed by atoms with E-state index in [1.54, 1.807) is 0 Å². The number of benzene rings is 2. The quantitative estimate of drug-likeness (QED) is 0.730. The lowest BCUT2D eigenvalue weighted by atomic mass is 10.2. The van der Waals surface area contributed by atoms with Crippen LogP contribution in [0.2, 0.25) is 0 Å². The van der Waals surface area contributed by atoms with E-state index in [1.165, 1.54) is 0 Å². The number of nitrogens with zero attached hydrogens (tertiary/aromatic N) is 4. The lowest BCUT2D eigenvalue weighted by Gasteiger charge is -2.33. The van der Waals surface area contributed by atoms with E-state index in [-0.39, 0.29) is 17.0 Å². The van der Waals surface area contributed by atoms with Crippen molar-refractivity contribution in [2.75, 3.05) is 38.7 Å². The summed E-state index contributed by atoms with van der Waals surface area (Å²) in [6.07, 6.45) is 0. The van der Waals surface area contributed by atoms with Crippen LogP contribution in [0.15, 0.2) is 54.6 Å². The first kappa shape index (κ1) is 17.8. The molecule has 0 unspecified atom stereocenters. The summed E-state index contributed by atoms with van der Waals surface area (Å²) in [6.45, 7) is 4.08. The second-order valence-corrected chi connectivity index (χ2v) is 6.18. The maximum Gasteiger partial charge on any atom is 0.162 e. The Bertz CT molecular complexity index is 832. The Morgan fingerprint density at radius 2 is 1.52 bits per heavy atom. The maximum atomic E-state index is 4.81. The molecule has 130 valence electrons. The fourth-order valence-corrected chi connectivity index (χ4v) is 2.95. The largest absolute Gasteiger partial charge is 0.304 e. The monoisotopic (exact) mass is 399 g/mol. The highest BCUT2D eigenvalue weighted by molar-refractivity contribution is 8.93. The minimum Gasteiger partial charge on any atom is -0.304 e. The van der Waals surface area contributed by atoms with Crippen LogP contribution in [-0.4, -0.2) is 53.1 Å². The molecule has 1 aliphatic rings. The first-order valence-electron chi connectivity index (χ1n) is 8.32. The van der Waals surface area contributed by atoms with Crippen molar-refractivity contribution in [1.82, 2.24) is 19.9 Å². The molecule has 25 heavy (non-hydrogen) atoms. The van der Waals surface area contributed by atoms with Gasteiger partial charge in [-0.15, -0.1) is 17.0 Å². The van der Waals surface area contributed by atoms with E-state index in [0.717, 1.165) is 54.3 Å². The van der Waals surface area contributed by atoms with Gasteiger partial charge in [0.1, 0.15) is 0 Å². The van der Waals surface area contributed by atoms with Crippen LogP contribution in [0.4, 0.5) is 5.82 Å². The summed E-state index contributed by atoms with van der Waals surface area (Å²) in [4.78, 5) is 11.9. The molecule has 5 nitrogen and oxygen atoms in total. The standard InChI is InChI=1S/C19H21N5.BrH/c1-23-11-13-24(14-12-23)22-19-16-9-5-6-10-17(16)20-18(21-19)15-7-3-2-4-8-15;/h2-10H,11-14H2,1H3,(H,20,21,22);1H. The molecule has 2 aromatic carbocycles. The maximum absolute atomic E-state index is 4.81. The van der Waals surface area contributed by atoms with Crippen molar-refractivity contribution in [1.29, 1.82) is 0 Å². The highest BCUT2D eigenvalue weighted by Gasteiger charge is 2.16. The average molecular weight is 400 g/mol. The Kier molecular flexibility index (Phi) is 5.63. The zero-order chi connectivity index (χ0) is 16.4. The molecule has 0 saturated carbocycles. The van der Waals surface area contributed by atoms with Crippen molar-refractivity contribution in [3.63, 3.8) is 0 Å². The summed E-state index contributed by atoms with van der Waals surface area (Å²) in [5.74, 6) is 1.63. The van der Waals surface area contributed by atoms with Gasteiger partial charge in [0.25, 0.3) is 0 Å². The van der Waals surface area contributed by atoms with E-state index in [9.17, 15) is 0 Å². The van der Waals surface area contributed by atoms with Gasteiger partial charge in [0.05, 0.1) is 5.52 Å². The van der Waals surface area contributed by atoms with Gasteiger partial charge in [0, 0.05) is 37.1 Å². The van der Waals surface area contributed by atoms with Crippen LogP contribution >= 0.6 is 17.0 Å². The van der Waals surface area contributed by atoms with Crippen molar-refractivity contribution >= 4 is 33.7 Å². The van der Waals surface area contributed by atoms with Crippen molar-refractivity contribution in [3.8, 4) is 11.4 Å². The Hall–Kier alpha value is -2.02. The van der Waals surface area contributed by atoms with Crippen LogP contribution in [-0.2, 0) is 0 Å². The second kappa shape index (κ2) is 7.91. The van der Waals surface area contributed by atoms with E-state index in [4.69, 9.17) is 9.97 Å². The number of piperazine rings is 1. The number of rotatable bonds is 3. The lowest BCUT2D eigenvalue weighted by Crippen LogP contribution is -2.47. The van der Waals surface area contributed by atoms with E-state index in [2.05, 4.69) is 28.4 Å². The molecule has 4 rings (SSSR count). The van der Waals surface area contributed by atoms with Crippen LogP contribution in [0.5, 0.6) is 0 Å². The number of hydrogen-bond acceptors (Lipinski definition) is 5. The molecule has 3 aromatic rings. The molecule has 0 spiro atoms. The molecule has 1 aromatic heterocycles. The number of hydrazine groups is 1. The molecule has 1 saturated heterocycles. The topological polar surface area (TPSA) is 44.3 Å². The second-order valence-electron chi connectivity index (χ2n) is 6.18. The van der Waals surface area contributed by atoms with Crippen LogP contribution in [0.1, 0.15) is 0 Å². The van der Waals surface area contributed by atoms with Gasteiger partial charge >= 0.3 is 0 Å². The predicted octanol–water partition coefficient (Wildman–Crippen LogP) is 3.45. The Morgan fingerprint density at radius 3 is 2.28 bits per heavy atom. The molecule has 1 aliphatic heterocycles. The van der Waals surface area contributed by atoms with Crippen LogP contribution in [0.3, 0.4) is 0 Å². The third kappa shape index (κ3) is 3.98. The van der Waals surface area contributed by atoms with Crippen LogP contribution in [0.25, 0.3) is 22.3 Å². The van der Waals surface area contributed by atoms with Crippen molar-refractivity contribution < 1.29 is 0 Å². The van der Waals surface area contributed by atoms with Crippen molar-refractivity contribution in [3.05, 3.63) is 54.6 Å². The summed E-state index contributed by atoms with van der Waals surface area (Å²) >= 11 is 0. The summed E-state index contributed by atoms with van der Waals surface area (Å²) < 4.78 is 0. The van der Waals surface area contributed by atoms with Crippen LogP contribution in [0, 0.1) is 0 Å².